The highest BCUT2D eigenvalue weighted by Gasteiger charge is 2.25. The van der Waals surface area contributed by atoms with Gasteiger partial charge in [0, 0.05) is 37.8 Å². The standard InChI is InChI=1S/C22H26N2O2/c1-16(2)22(25)24-13-11-21(12-14-24)26-20-9-7-19(8-10-20)18-5-3-17(15-23)4-6-18/h3-7,9-10,16,19,21H,8,11-14H2,1-2H3. The average Bonchev–Trinajstić information content (AvgIpc) is 2.68. The molecule has 4 nitrogen and oxygen atoms in total. The Labute approximate surface area is 155 Å². The number of hydrogen-bond donors (Lipinski definition) is 0. The molecule has 1 atom stereocenters. The summed E-state index contributed by atoms with van der Waals surface area (Å²) in [6.45, 7) is 5.47. The fraction of sp³-hybridized carbons (Fsp3) is 0.455. The van der Waals surface area contributed by atoms with Crippen molar-refractivity contribution in [2.24, 2.45) is 5.92 Å². The van der Waals surface area contributed by atoms with Gasteiger partial charge in [-0.25, -0.2) is 0 Å². The van der Waals surface area contributed by atoms with Gasteiger partial charge in [0.25, 0.3) is 0 Å². The van der Waals surface area contributed by atoms with Gasteiger partial charge in [-0.15, -0.1) is 0 Å². The Hall–Kier alpha value is -2.54. The van der Waals surface area contributed by atoms with Crippen molar-refractivity contribution in [3.8, 4) is 6.07 Å². The summed E-state index contributed by atoms with van der Waals surface area (Å²) in [7, 11) is 0. The Kier molecular flexibility index (Phi) is 5.78. The van der Waals surface area contributed by atoms with Gasteiger partial charge in [0.15, 0.2) is 0 Å². The van der Waals surface area contributed by atoms with E-state index in [4.69, 9.17) is 10.00 Å². The second kappa shape index (κ2) is 8.23. The van der Waals surface area contributed by atoms with E-state index in [1.807, 2.05) is 43.0 Å². The van der Waals surface area contributed by atoms with E-state index in [2.05, 4.69) is 24.3 Å². The molecular formula is C22H26N2O2. The lowest BCUT2D eigenvalue weighted by molar-refractivity contribution is -0.136. The average molecular weight is 350 g/mol. The molecule has 0 saturated carbocycles. The minimum absolute atomic E-state index is 0.0654. The third kappa shape index (κ3) is 4.35. The summed E-state index contributed by atoms with van der Waals surface area (Å²) < 4.78 is 6.13. The number of rotatable bonds is 4. The van der Waals surface area contributed by atoms with Gasteiger partial charge in [0.1, 0.15) is 11.9 Å². The van der Waals surface area contributed by atoms with Gasteiger partial charge in [-0.1, -0.05) is 32.1 Å². The van der Waals surface area contributed by atoms with E-state index in [9.17, 15) is 4.79 Å². The Morgan fingerprint density at radius 2 is 1.92 bits per heavy atom. The van der Waals surface area contributed by atoms with Gasteiger partial charge in [0.05, 0.1) is 11.6 Å². The quantitative estimate of drug-likeness (QED) is 0.820. The zero-order chi connectivity index (χ0) is 18.5. The number of carbonyl (C=O) groups is 1. The highest BCUT2D eigenvalue weighted by molar-refractivity contribution is 5.78. The summed E-state index contributed by atoms with van der Waals surface area (Å²) in [5, 5.41) is 8.89. The van der Waals surface area contributed by atoms with Crippen LogP contribution in [0.25, 0.3) is 0 Å². The number of ether oxygens (including phenoxy) is 1. The van der Waals surface area contributed by atoms with Crippen LogP contribution in [0.5, 0.6) is 0 Å². The lowest BCUT2D eigenvalue weighted by Gasteiger charge is -2.33. The van der Waals surface area contributed by atoms with Crippen LogP contribution in [0.1, 0.15) is 50.2 Å². The molecule has 1 fully saturated rings. The molecule has 2 aliphatic rings. The number of hydrogen-bond acceptors (Lipinski definition) is 3. The van der Waals surface area contributed by atoms with Gasteiger partial charge in [-0.2, -0.15) is 5.26 Å². The van der Waals surface area contributed by atoms with Crippen molar-refractivity contribution in [2.45, 2.75) is 45.1 Å². The number of allylic oxidation sites excluding steroid dienone is 3. The van der Waals surface area contributed by atoms with Crippen molar-refractivity contribution in [3.05, 3.63) is 59.4 Å². The number of benzene rings is 1. The van der Waals surface area contributed by atoms with Crippen LogP contribution in [0, 0.1) is 17.2 Å². The van der Waals surface area contributed by atoms with Gasteiger partial charge >= 0.3 is 0 Å². The van der Waals surface area contributed by atoms with Crippen LogP contribution in [0.2, 0.25) is 0 Å². The highest BCUT2D eigenvalue weighted by atomic mass is 16.5. The molecule has 0 N–H and O–H groups in total. The second-order valence-corrected chi connectivity index (χ2v) is 7.34. The molecule has 1 heterocycles. The summed E-state index contributed by atoms with van der Waals surface area (Å²) in [6.07, 6.45) is 9.25. The van der Waals surface area contributed by atoms with Crippen molar-refractivity contribution in [2.75, 3.05) is 13.1 Å². The zero-order valence-corrected chi connectivity index (χ0v) is 15.5. The van der Waals surface area contributed by atoms with Gasteiger partial charge in [-0.05, 0) is 36.3 Å². The minimum atomic E-state index is 0.0654. The van der Waals surface area contributed by atoms with Crippen molar-refractivity contribution < 1.29 is 9.53 Å². The van der Waals surface area contributed by atoms with E-state index in [1.165, 1.54) is 5.56 Å². The fourth-order valence-electron chi connectivity index (χ4n) is 3.49. The summed E-state index contributed by atoms with van der Waals surface area (Å²) in [5.74, 6) is 1.57. The maximum Gasteiger partial charge on any atom is 0.225 e. The fourth-order valence-corrected chi connectivity index (χ4v) is 3.49. The van der Waals surface area contributed by atoms with E-state index in [1.54, 1.807) is 0 Å². The third-order valence-electron chi connectivity index (χ3n) is 5.08. The van der Waals surface area contributed by atoms with E-state index < -0.39 is 0 Å². The first-order chi connectivity index (χ1) is 12.6. The molecule has 0 spiro atoms. The second-order valence-electron chi connectivity index (χ2n) is 7.34. The molecule has 1 aromatic rings. The molecule has 0 radical (unpaired) electrons. The number of likely N-dealkylation sites (tertiary alicyclic amines) is 1. The molecule has 3 rings (SSSR count). The maximum absolute atomic E-state index is 12.1. The van der Waals surface area contributed by atoms with Gasteiger partial charge in [-0.3, -0.25) is 4.79 Å². The molecule has 1 unspecified atom stereocenters. The predicted octanol–water partition coefficient (Wildman–Crippen LogP) is 4.15. The van der Waals surface area contributed by atoms with Crippen LogP contribution in [-0.4, -0.2) is 30.0 Å². The van der Waals surface area contributed by atoms with Crippen LogP contribution < -0.4 is 0 Å². The van der Waals surface area contributed by atoms with Crippen LogP contribution in [0.4, 0.5) is 0 Å². The summed E-state index contributed by atoms with van der Waals surface area (Å²) in [4.78, 5) is 14.0. The largest absolute Gasteiger partial charge is 0.491 e. The predicted molar refractivity (Wildman–Crippen MR) is 101 cm³/mol. The smallest absolute Gasteiger partial charge is 0.225 e. The van der Waals surface area contributed by atoms with E-state index in [0.717, 1.165) is 38.1 Å². The van der Waals surface area contributed by atoms with Gasteiger partial charge < -0.3 is 9.64 Å². The van der Waals surface area contributed by atoms with Crippen molar-refractivity contribution >= 4 is 5.91 Å². The Morgan fingerprint density at radius 3 is 2.46 bits per heavy atom. The molecular weight excluding hydrogens is 324 g/mol. The van der Waals surface area contributed by atoms with E-state index in [0.29, 0.717) is 11.5 Å². The van der Waals surface area contributed by atoms with Crippen LogP contribution in [0.15, 0.2) is 48.3 Å². The molecule has 136 valence electrons. The topological polar surface area (TPSA) is 53.3 Å². The SMILES string of the molecule is CC(C)C(=O)N1CCC(OC2=CCC(c3ccc(C#N)cc3)C=C2)CC1. The molecule has 26 heavy (non-hydrogen) atoms. The maximum atomic E-state index is 12.1. The first-order valence-corrected chi connectivity index (χ1v) is 9.40. The first-order valence-electron chi connectivity index (χ1n) is 9.40. The van der Waals surface area contributed by atoms with Crippen LogP contribution in [-0.2, 0) is 9.53 Å². The summed E-state index contributed by atoms with van der Waals surface area (Å²) in [6, 6.07) is 9.93. The third-order valence-corrected chi connectivity index (χ3v) is 5.08. The van der Waals surface area contributed by atoms with Crippen molar-refractivity contribution in [1.29, 1.82) is 5.26 Å². The van der Waals surface area contributed by atoms with Crippen LogP contribution in [0.3, 0.4) is 0 Å². The lowest BCUT2D eigenvalue weighted by Crippen LogP contribution is -2.42. The first kappa shape index (κ1) is 18.3. The molecule has 1 aliphatic carbocycles. The lowest BCUT2D eigenvalue weighted by atomic mass is 9.91. The monoisotopic (exact) mass is 350 g/mol. The number of amides is 1. The number of carbonyl (C=O) groups excluding carboxylic acids is 1. The highest BCUT2D eigenvalue weighted by Crippen LogP contribution is 2.29. The molecule has 1 aliphatic heterocycles. The minimum Gasteiger partial charge on any atom is -0.491 e. The molecule has 0 bridgehead atoms. The number of nitriles is 1. The molecule has 1 aromatic carbocycles. The molecule has 1 amide bonds. The Bertz CT molecular complexity index is 732. The van der Waals surface area contributed by atoms with Crippen molar-refractivity contribution in [1.82, 2.24) is 4.90 Å². The van der Waals surface area contributed by atoms with Crippen molar-refractivity contribution in [3.63, 3.8) is 0 Å². The number of nitrogens with zero attached hydrogens (tertiary/aromatic N) is 2. The molecule has 1 saturated heterocycles. The summed E-state index contributed by atoms with van der Waals surface area (Å²) in [5.41, 5.74) is 1.91. The normalized spacial score (nSPS) is 20.6. The number of piperidine rings is 1. The summed E-state index contributed by atoms with van der Waals surface area (Å²) >= 11 is 0. The zero-order valence-electron chi connectivity index (χ0n) is 15.5. The Balaban J connectivity index is 1.49. The molecule has 0 aromatic heterocycles. The van der Waals surface area contributed by atoms with Crippen LogP contribution >= 0.6 is 0 Å². The van der Waals surface area contributed by atoms with E-state index >= 15 is 0 Å². The van der Waals surface area contributed by atoms with E-state index in [-0.39, 0.29) is 17.9 Å². The van der Waals surface area contributed by atoms with Gasteiger partial charge in [0.2, 0.25) is 5.91 Å². The molecule has 4 heteroatoms. The Morgan fingerprint density at radius 1 is 1.23 bits per heavy atom.